The summed E-state index contributed by atoms with van der Waals surface area (Å²) in [5.74, 6) is -0.0568. The van der Waals surface area contributed by atoms with E-state index in [1.165, 1.54) is 6.26 Å². The molecule has 0 saturated heterocycles. The molecule has 1 aliphatic rings. The van der Waals surface area contributed by atoms with Crippen LogP contribution in [0.4, 0.5) is 0 Å². The molecular formula is C11H13Br2NO2. The first-order valence-electron chi connectivity index (χ1n) is 5.34. The minimum atomic E-state index is -0.0568. The molecule has 5 heteroatoms. The molecule has 0 atom stereocenters. The number of rotatable bonds is 2. The Kier molecular flexibility index (Phi) is 4.08. The number of hydrogen-bond donors (Lipinski definition) is 1. The summed E-state index contributed by atoms with van der Waals surface area (Å²) in [4.78, 5) is 12.5. The summed E-state index contributed by atoms with van der Waals surface area (Å²) in [6.45, 7) is 0. The van der Waals surface area contributed by atoms with Gasteiger partial charge in [0.1, 0.15) is 0 Å². The smallest absolute Gasteiger partial charge is 0.255 e. The molecule has 1 heterocycles. The number of carbonyl (C=O) groups is 1. The molecule has 0 aromatic carbocycles. The lowest BCUT2D eigenvalue weighted by Gasteiger charge is -2.25. The fourth-order valence-corrected chi connectivity index (χ4v) is 2.86. The van der Waals surface area contributed by atoms with Crippen LogP contribution < -0.4 is 5.32 Å². The molecule has 1 fully saturated rings. The number of hydrogen-bond acceptors (Lipinski definition) is 2. The molecule has 1 aromatic rings. The summed E-state index contributed by atoms with van der Waals surface area (Å²) in [7, 11) is 0. The number of halogens is 2. The molecule has 1 saturated carbocycles. The SMILES string of the molecule is O=C(NC1CCC(Br)CC1)c1ccoc1Br. The lowest BCUT2D eigenvalue weighted by molar-refractivity contribution is 0.0926. The third-order valence-corrected chi connectivity index (χ3v) is 4.38. The standard InChI is InChI=1S/C11H13Br2NO2/c12-7-1-3-8(4-2-7)14-11(15)9-5-6-16-10(9)13/h5-8H,1-4H2,(H,14,15). The highest BCUT2D eigenvalue weighted by Gasteiger charge is 2.22. The lowest BCUT2D eigenvalue weighted by Crippen LogP contribution is -2.37. The molecule has 16 heavy (non-hydrogen) atoms. The second-order valence-corrected chi connectivity index (χ2v) is 6.05. The fraction of sp³-hybridized carbons (Fsp3) is 0.545. The Labute approximate surface area is 111 Å². The van der Waals surface area contributed by atoms with Gasteiger partial charge in [-0.15, -0.1) is 0 Å². The third-order valence-electron chi connectivity index (χ3n) is 2.85. The van der Waals surface area contributed by atoms with Crippen LogP contribution in [0.25, 0.3) is 0 Å². The summed E-state index contributed by atoms with van der Waals surface area (Å²) in [6.07, 6.45) is 5.83. The van der Waals surface area contributed by atoms with E-state index in [1.54, 1.807) is 6.07 Å². The summed E-state index contributed by atoms with van der Waals surface area (Å²) >= 11 is 6.80. The fourth-order valence-electron chi connectivity index (χ4n) is 1.92. The van der Waals surface area contributed by atoms with Crippen molar-refractivity contribution < 1.29 is 9.21 Å². The molecule has 1 aliphatic carbocycles. The van der Waals surface area contributed by atoms with Crippen molar-refractivity contribution in [2.45, 2.75) is 36.6 Å². The average molecular weight is 351 g/mol. The normalized spacial score (nSPS) is 25.4. The van der Waals surface area contributed by atoms with Gasteiger partial charge in [0.15, 0.2) is 4.67 Å². The van der Waals surface area contributed by atoms with Gasteiger partial charge < -0.3 is 9.73 Å². The Morgan fingerprint density at radius 1 is 1.38 bits per heavy atom. The van der Waals surface area contributed by atoms with Crippen LogP contribution in [-0.2, 0) is 0 Å². The quantitative estimate of drug-likeness (QED) is 0.830. The Morgan fingerprint density at radius 2 is 2.06 bits per heavy atom. The van der Waals surface area contributed by atoms with Crippen LogP contribution in [0.15, 0.2) is 21.4 Å². The zero-order valence-corrected chi connectivity index (χ0v) is 11.9. The predicted molar refractivity (Wildman–Crippen MR) is 68.8 cm³/mol. The van der Waals surface area contributed by atoms with E-state index in [0.29, 0.717) is 21.1 Å². The molecule has 2 rings (SSSR count). The molecule has 1 aromatic heterocycles. The van der Waals surface area contributed by atoms with Crippen molar-refractivity contribution in [2.24, 2.45) is 0 Å². The van der Waals surface area contributed by atoms with E-state index in [1.807, 2.05) is 0 Å². The average Bonchev–Trinajstić information content (AvgIpc) is 2.68. The van der Waals surface area contributed by atoms with Gasteiger partial charge in [0.05, 0.1) is 11.8 Å². The third kappa shape index (κ3) is 2.88. The number of amides is 1. The van der Waals surface area contributed by atoms with Crippen LogP contribution in [0.1, 0.15) is 36.0 Å². The maximum Gasteiger partial charge on any atom is 0.255 e. The highest BCUT2D eigenvalue weighted by atomic mass is 79.9. The van der Waals surface area contributed by atoms with E-state index in [9.17, 15) is 4.79 Å². The second-order valence-electron chi connectivity index (χ2n) is 4.03. The molecule has 0 bridgehead atoms. The van der Waals surface area contributed by atoms with E-state index < -0.39 is 0 Å². The van der Waals surface area contributed by atoms with Gasteiger partial charge in [-0.25, -0.2) is 0 Å². The topological polar surface area (TPSA) is 42.2 Å². The Bertz CT molecular complexity index is 370. The lowest BCUT2D eigenvalue weighted by atomic mass is 9.95. The van der Waals surface area contributed by atoms with Crippen LogP contribution in [-0.4, -0.2) is 16.8 Å². The molecule has 1 amide bonds. The summed E-state index contributed by atoms with van der Waals surface area (Å²) in [6, 6.07) is 1.97. The van der Waals surface area contributed by atoms with Crippen molar-refractivity contribution in [3.63, 3.8) is 0 Å². The van der Waals surface area contributed by atoms with Gasteiger partial charge in [-0.3, -0.25) is 4.79 Å². The predicted octanol–water partition coefficient (Wildman–Crippen LogP) is 3.48. The first-order valence-corrected chi connectivity index (χ1v) is 7.05. The van der Waals surface area contributed by atoms with Crippen LogP contribution in [0.2, 0.25) is 0 Å². The molecule has 0 unspecified atom stereocenters. The summed E-state index contributed by atoms with van der Waals surface area (Å²) in [5.41, 5.74) is 0.570. The van der Waals surface area contributed by atoms with Crippen molar-refractivity contribution in [3.8, 4) is 0 Å². The maximum atomic E-state index is 11.9. The first-order chi connectivity index (χ1) is 7.66. The zero-order chi connectivity index (χ0) is 11.5. The van der Waals surface area contributed by atoms with E-state index in [-0.39, 0.29) is 5.91 Å². The van der Waals surface area contributed by atoms with Gasteiger partial charge in [0.2, 0.25) is 0 Å². The van der Waals surface area contributed by atoms with Crippen molar-refractivity contribution in [1.82, 2.24) is 5.32 Å². The second kappa shape index (κ2) is 5.36. The van der Waals surface area contributed by atoms with E-state index >= 15 is 0 Å². The number of nitrogens with one attached hydrogen (secondary N) is 1. The largest absolute Gasteiger partial charge is 0.457 e. The van der Waals surface area contributed by atoms with Crippen molar-refractivity contribution in [1.29, 1.82) is 0 Å². The van der Waals surface area contributed by atoms with Crippen LogP contribution in [0.5, 0.6) is 0 Å². The van der Waals surface area contributed by atoms with E-state index in [0.717, 1.165) is 25.7 Å². The highest BCUT2D eigenvalue weighted by Crippen LogP contribution is 2.25. The molecular weight excluding hydrogens is 338 g/mol. The van der Waals surface area contributed by atoms with Crippen molar-refractivity contribution >= 4 is 37.8 Å². The molecule has 0 aliphatic heterocycles. The minimum absolute atomic E-state index is 0.0568. The van der Waals surface area contributed by atoms with E-state index in [4.69, 9.17) is 4.42 Å². The monoisotopic (exact) mass is 349 g/mol. The van der Waals surface area contributed by atoms with Crippen LogP contribution in [0, 0.1) is 0 Å². The molecule has 1 N–H and O–H groups in total. The van der Waals surface area contributed by atoms with Crippen molar-refractivity contribution in [3.05, 3.63) is 22.6 Å². The number of carbonyl (C=O) groups excluding carboxylic acids is 1. The molecule has 3 nitrogen and oxygen atoms in total. The van der Waals surface area contributed by atoms with Gasteiger partial charge in [-0.05, 0) is 47.7 Å². The van der Waals surface area contributed by atoms with Gasteiger partial charge in [0, 0.05) is 10.9 Å². The Balaban J connectivity index is 1.91. The van der Waals surface area contributed by atoms with E-state index in [2.05, 4.69) is 37.2 Å². The highest BCUT2D eigenvalue weighted by molar-refractivity contribution is 9.10. The van der Waals surface area contributed by atoms with Gasteiger partial charge >= 0.3 is 0 Å². The Morgan fingerprint density at radius 3 is 2.62 bits per heavy atom. The maximum absolute atomic E-state index is 11.9. The van der Waals surface area contributed by atoms with Gasteiger partial charge in [-0.2, -0.15) is 0 Å². The van der Waals surface area contributed by atoms with Crippen LogP contribution >= 0.6 is 31.9 Å². The van der Waals surface area contributed by atoms with Crippen LogP contribution in [0.3, 0.4) is 0 Å². The summed E-state index contributed by atoms with van der Waals surface area (Å²) < 4.78 is 5.54. The summed E-state index contributed by atoms with van der Waals surface area (Å²) in [5, 5.41) is 3.03. The van der Waals surface area contributed by atoms with Gasteiger partial charge in [0.25, 0.3) is 5.91 Å². The molecule has 0 radical (unpaired) electrons. The Hall–Kier alpha value is -0.290. The zero-order valence-electron chi connectivity index (χ0n) is 8.71. The number of furan rings is 1. The molecule has 88 valence electrons. The van der Waals surface area contributed by atoms with Crippen molar-refractivity contribution in [2.75, 3.05) is 0 Å². The van der Waals surface area contributed by atoms with Gasteiger partial charge in [-0.1, -0.05) is 15.9 Å². The number of alkyl halides is 1. The minimum Gasteiger partial charge on any atom is -0.457 e. The molecule has 0 spiro atoms. The first kappa shape index (κ1) is 12.2.